The number of esters is 2. The van der Waals surface area contributed by atoms with Gasteiger partial charge in [0.15, 0.2) is 0 Å². The molecule has 12 heteroatoms. The van der Waals surface area contributed by atoms with Crippen LogP contribution >= 0.6 is 14.9 Å². The maximum absolute atomic E-state index is 14.5. The predicted molar refractivity (Wildman–Crippen MR) is 232 cm³/mol. The second-order valence-corrected chi connectivity index (χ2v) is 18.0. The molecule has 6 rings (SSSR count). The van der Waals surface area contributed by atoms with Gasteiger partial charge in [0.1, 0.15) is 0 Å². The predicted octanol–water partition coefficient (Wildman–Crippen LogP) is 10.9. The molecule has 0 amide bonds. The van der Waals surface area contributed by atoms with Crippen molar-refractivity contribution in [1.82, 2.24) is 0 Å². The van der Waals surface area contributed by atoms with Crippen molar-refractivity contribution in [3.05, 3.63) is 157 Å². The SMILES string of the molecule is C/C=C(\CC(=O)OCC)P1(=O)N(c2ccccc2)CCN1c1ccccc1.C=C(CC(=O)OCC)P1(=O)N(c2ccccc2)CCN1c1ccccc1.C=CC. The van der Waals surface area contributed by atoms with Gasteiger partial charge in [0.25, 0.3) is 14.9 Å². The van der Waals surface area contributed by atoms with Crippen molar-refractivity contribution in [2.24, 2.45) is 0 Å². The minimum atomic E-state index is -3.23. The van der Waals surface area contributed by atoms with Crippen LogP contribution in [0.3, 0.4) is 0 Å². The van der Waals surface area contributed by atoms with Gasteiger partial charge >= 0.3 is 11.9 Å². The number of ether oxygens (including phenoxy) is 2. The van der Waals surface area contributed by atoms with Crippen LogP contribution in [0, 0.1) is 0 Å². The summed E-state index contributed by atoms with van der Waals surface area (Å²) in [6.45, 7) is 17.7. The van der Waals surface area contributed by atoms with E-state index in [0.717, 1.165) is 22.7 Å². The molecule has 10 nitrogen and oxygen atoms in total. The summed E-state index contributed by atoms with van der Waals surface area (Å²) in [6.07, 6.45) is 3.51. The minimum absolute atomic E-state index is 0.0221. The molecule has 0 aromatic heterocycles. The van der Waals surface area contributed by atoms with Gasteiger partial charge < -0.3 is 28.2 Å². The zero-order chi connectivity index (χ0) is 40.6. The van der Waals surface area contributed by atoms with Gasteiger partial charge in [-0.05, 0) is 76.2 Å². The molecular formula is C44H54N4O6P2. The maximum atomic E-state index is 14.5. The molecule has 2 aliphatic rings. The van der Waals surface area contributed by atoms with Crippen LogP contribution in [0.4, 0.5) is 22.7 Å². The number of allylic oxidation sites excluding steroid dienone is 2. The van der Waals surface area contributed by atoms with E-state index in [4.69, 9.17) is 9.47 Å². The lowest BCUT2D eigenvalue weighted by atomic mass is 10.3. The quantitative estimate of drug-likeness (QED) is 0.0782. The second kappa shape index (κ2) is 21.1. The normalized spacial score (nSPS) is 15.5. The number of hydrogen-bond donors (Lipinski definition) is 0. The lowest BCUT2D eigenvalue weighted by Crippen LogP contribution is -2.21. The molecule has 0 aliphatic carbocycles. The first-order chi connectivity index (χ1) is 27.1. The third-order valence-electron chi connectivity index (χ3n) is 8.98. The number of carbonyl (C=O) groups excluding carboxylic acids is 2. The summed E-state index contributed by atoms with van der Waals surface area (Å²) in [7, 11) is -6.43. The van der Waals surface area contributed by atoms with Gasteiger partial charge in [0.2, 0.25) is 0 Å². The Balaban J connectivity index is 0.000000233. The zero-order valence-electron chi connectivity index (χ0n) is 32.9. The first-order valence-electron chi connectivity index (χ1n) is 18.8. The van der Waals surface area contributed by atoms with E-state index < -0.39 is 20.9 Å². The van der Waals surface area contributed by atoms with Crippen LogP contribution in [0.15, 0.2) is 157 Å². The van der Waals surface area contributed by atoms with E-state index in [-0.39, 0.29) is 18.8 Å². The fourth-order valence-corrected chi connectivity index (χ4v) is 12.6. The number of nitrogens with zero attached hydrogens (tertiary/aromatic N) is 4. The Kier molecular flexibility index (Phi) is 16.4. The van der Waals surface area contributed by atoms with Crippen LogP contribution in [-0.2, 0) is 28.2 Å². The van der Waals surface area contributed by atoms with E-state index in [1.54, 1.807) is 26.0 Å². The number of benzene rings is 4. The van der Waals surface area contributed by atoms with Crippen molar-refractivity contribution < 1.29 is 28.2 Å². The van der Waals surface area contributed by atoms with E-state index in [9.17, 15) is 18.7 Å². The van der Waals surface area contributed by atoms with Crippen molar-refractivity contribution in [2.45, 2.75) is 40.5 Å². The van der Waals surface area contributed by atoms with Gasteiger partial charge in [-0.25, -0.2) is 0 Å². The highest BCUT2D eigenvalue weighted by Gasteiger charge is 2.47. The van der Waals surface area contributed by atoms with Crippen LogP contribution in [0.25, 0.3) is 0 Å². The maximum Gasteiger partial charge on any atom is 0.310 e. The van der Waals surface area contributed by atoms with Crippen LogP contribution in [0.5, 0.6) is 0 Å². The standard InChI is InChI=1S/C21H25N2O3P.C20H23N2O3P.C3H6/c1-3-20(17-21(24)26-4-2)27(25)22(18-11-7-5-8-12-18)15-16-23(27)19-13-9-6-10-14-19;1-3-25-20(23)16-17(2)26(24)21(18-10-6-4-7-11-18)14-15-22(26)19-12-8-5-9-13-19;1-3-2/h3,5-14H,4,15-17H2,1-2H3;4-13H,2-3,14-16H2,1H3;3H,1H2,2H3/b20-3+;;. The Morgan fingerprint density at radius 1 is 0.571 bits per heavy atom. The van der Waals surface area contributed by atoms with Crippen molar-refractivity contribution in [2.75, 3.05) is 58.1 Å². The van der Waals surface area contributed by atoms with E-state index >= 15 is 0 Å². The van der Waals surface area contributed by atoms with E-state index in [0.29, 0.717) is 50.0 Å². The fourth-order valence-electron chi connectivity index (χ4n) is 6.59. The largest absolute Gasteiger partial charge is 0.466 e. The molecule has 0 unspecified atom stereocenters. The highest BCUT2D eigenvalue weighted by molar-refractivity contribution is 7.72. The number of carbonyl (C=O) groups is 2. The van der Waals surface area contributed by atoms with Crippen LogP contribution < -0.4 is 18.7 Å². The van der Waals surface area contributed by atoms with Crippen molar-refractivity contribution in [3.63, 3.8) is 0 Å². The Labute approximate surface area is 332 Å². The molecule has 56 heavy (non-hydrogen) atoms. The third kappa shape index (κ3) is 10.1. The van der Waals surface area contributed by atoms with Crippen molar-refractivity contribution in [1.29, 1.82) is 0 Å². The number of hydrogen-bond acceptors (Lipinski definition) is 6. The second-order valence-electron chi connectivity index (χ2n) is 12.6. The van der Waals surface area contributed by atoms with E-state index in [2.05, 4.69) is 13.2 Å². The number of para-hydroxylation sites is 4. The first kappa shape index (κ1) is 43.4. The summed E-state index contributed by atoms with van der Waals surface area (Å²) in [5.74, 6) is -0.755. The van der Waals surface area contributed by atoms with Crippen LogP contribution in [0.2, 0.25) is 0 Å². The van der Waals surface area contributed by atoms with Gasteiger partial charge in [0.05, 0.1) is 26.1 Å². The van der Waals surface area contributed by atoms with E-state index in [1.807, 2.05) is 154 Å². The summed E-state index contributed by atoms with van der Waals surface area (Å²) in [5.41, 5.74) is 3.50. The zero-order valence-corrected chi connectivity index (χ0v) is 34.7. The molecule has 296 valence electrons. The fraction of sp³-hybridized carbons (Fsp3) is 0.273. The lowest BCUT2D eigenvalue weighted by molar-refractivity contribution is -0.143. The molecule has 0 saturated carbocycles. The number of rotatable bonds is 12. The topological polar surface area (TPSA) is 99.7 Å². The molecule has 2 fully saturated rings. The molecule has 2 aliphatic heterocycles. The van der Waals surface area contributed by atoms with Crippen molar-refractivity contribution in [3.8, 4) is 0 Å². The molecule has 0 radical (unpaired) electrons. The Morgan fingerprint density at radius 3 is 1.14 bits per heavy atom. The average molecular weight is 797 g/mol. The molecule has 0 bridgehead atoms. The Hall–Kier alpha value is -5.30. The van der Waals surface area contributed by atoms with Gasteiger partial charge in [0, 0.05) is 59.6 Å². The van der Waals surface area contributed by atoms with Crippen LogP contribution in [0.1, 0.15) is 40.5 Å². The molecule has 0 spiro atoms. The summed E-state index contributed by atoms with van der Waals surface area (Å²) < 4.78 is 46.6. The van der Waals surface area contributed by atoms with Gasteiger partial charge in [-0.2, -0.15) is 0 Å². The molecule has 0 N–H and O–H groups in total. The highest BCUT2D eigenvalue weighted by atomic mass is 31.2. The molecule has 4 aromatic rings. The summed E-state index contributed by atoms with van der Waals surface area (Å²) in [6, 6.07) is 38.7. The molecular weight excluding hydrogens is 742 g/mol. The Bertz CT molecular complexity index is 1910. The van der Waals surface area contributed by atoms with Gasteiger partial charge in [-0.3, -0.25) is 18.7 Å². The summed E-state index contributed by atoms with van der Waals surface area (Å²) in [4.78, 5) is 24.2. The van der Waals surface area contributed by atoms with Gasteiger partial charge in [-0.1, -0.05) is 91.5 Å². The van der Waals surface area contributed by atoms with Crippen molar-refractivity contribution >= 4 is 49.6 Å². The number of anilines is 4. The lowest BCUT2D eigenvalue weighted by Gasteiger charge is -2.34. The molecule has 2 saturated heterocycles. The van der Waals surface area contributed by atoms with Crippen LogP contribution in [-0.4, -0.2) is 51.3 Å². The summed E-state index contributed by atoms with van der Waals surface area (Å²) >= 11 is 0. The molecule has 2 heterocycles. The van der Waals surface area contributed by atoms with Gasteiger partial charge in [-0.15, -0.1) is 6.58 Å². The monoisotopic (exact) mass is 796 g/mol. The average Bonchev–Trinajstić information content (AvgIpc) is 3.77. The molecule has 4 aromatic carbocycles. The smallest absolute Gasteiger partial charge is 0.310 e. The summed E-state index contributed by atoms with van der Waals surface area (Å²) in [5, 5.41) is 0.993. The highest BCUT2D eigenvalue weighted by Crippen LogP contribution is 2.67. The Morgan fingerprint density at radius 2 is 0.857 bits per heavy atom. The van der Waals surface area contributed by atoms with E-state index in [1.165, 1.54) is 0 Å². The molecule has 0 atom stereocenters. The first-order valence-corrected chi connectivity index (χ1v) is 22.1. The minimum Gasteiger partial charge on any atom is -0.466 e. The third-order valence-corrected chi connectivity index (χ3v) is 15.5.